The summed E-state index contributed by atoms with van der Waals surface area (Å²) in [6.45, 7) is 5.99. The third-order valence-electron chi connectivity index (χ3n) is 5.67. The standard InChI is InChI=1S/C23H29N5O2/c1-17(24-22(29)10-14-30-2)23-26-25-21-9-11-27(12-13-28(21)23)16-18-7-8-19-5-3-4-6-20(19)15-18/h3-8,15,17H,9-14,16H2,1-2H3,(H,24,29). The van der Waals surface area contributed by atoms with Crippen molar-refractivity contribution in [2.75, 3.05) is 26.8 Å². The lowest BCUT2D eigenvalue weighted by Gasteiger charge is -2.20. The molecular formula is C23H29N5O2. The smallest absolute Gasteiger partial charge is 0.222 e. The molecule has 7 heteroatoms. The molecule has 0 saturated heterocycles. The number of amides is 1. The number of fused-ring (bicyclic) bond motifs is 2. The van der Waals surface area contributed by atoms with Crippen molar-refractivity contribution < 1.29 is 9.53 Å². The van der Waals surface area contributed by atoms with E-state index in [-0.39, 0.29) is 11.9 Å². The highest BCUT2D eigenvalue weighted by Crippen LogP contribution is 2.19. The number of hydrogen-bond donors (Lipinski definition) is 1. The molecule has 1 unspecified atom stereocenters. The van der Waals surface area contributed by atoms with Gasteiger partial charge < -0.3 is 14.6 Å². The van der Waals surface area contributed by atoms with Gasteiger partial charge in [-0.2, -0.15) is 0 Å². The van der Waals surface area contributed by atoms with E-state index in [1.807, 2.05) is 6.92 Å². The molecule has 1 N–H and O–H groups in total. The molecule has 0 spiro atoms. The zero-order chi connectivity index (χ0) is 20.9. The van der Waals surface area contributed by atoms with Crippen molar-refractivity contribution in [1.82, 2.24) is 25.0 Å². The molecule has 0 radical (unpaired) electrons. The Morgan fingerprint density at radius 3 is 2.80 bits per heavy atom. The highest BCUT2D eigenvalue weighted by Gasteiger charge is 2.22. The van der Waals surface area contributed by atoms with Crippen LogP contribution in [-0.4, -0.2) is 52.4 Å². The maximum Gasteiger partial charge on any atom is 0.222 e. The van der Waals surface area contributed by atoms with Crippen LogP contribution in [0, 0.1) is 0 Å². The predicted octanol–water partition coefficient (Wildman–Crippen LogP) is 2.70. The molecule has 3 aromatic rings. The van der Waals surface area contributed by atoms with Crippen molar-refractivity contribution >= 4 is 16.7 Å². The summed E-state index contributed by atoms with van der Waals surface area (Å²) in [6, 6.07) is 15.0. The maximum atomic E-state index is 12.0. The largest absolute Gasteiger partial charge is 0.384 e. The van der Waals surface area contributed by atoms with E-state index in [1.165, 1.54) is 16.3 Å². The molecule has 158 valence electrons. The van der Waals surface area contributed by atoms with Gasteiger partial charge in [0.05, 0.1) is 12.6 Å². The molecule has 0 aliphatic carbocycles. The Morgan fingerprint density at radius 1 is 1.13 bits per heavy atom. The molecule has 0 saturated carbocycles. The van der Waals surface area contributed by atoms with Crippen LogP contribution in [0.4, 0.5) is 0 Å². The highest BCUT2D eigenvalue weighted by atomic mass is 16.5. The normalized spacial score (nSPS) is 15.5. The molecule has 2 aromatic carbocycles. The minimum Gasteiger partial charge on any atom is -0.384 e. The Morgan fingerprint density at radius 2 is 1.97 bits per heavy atom. The first kappa shape index (κ1) is 20.5. The van der Waals surface area contributed by atoms with Gasteiger partial charge in [-0.25, -0.2) is 0 Å². The predicted molar refractivity (Wildman–Crippen MR) is 116 cm³/mol. The van der Waals surface area contributed by atoms with Crippen LogP contribution in [0.5, 0.6) is 0 Å². The van der Waals surface area contributed by atoms with E-state index in [9.17, 15) is 4.79 Å². The zero-order valence-electron chi connectivity index (χ0n) is 17.7. The number of hydrogen-bond acceptors (Lipinski definition) is 5. The van der Waals surface area contributed by atoms with Gasteiger partial charge in [-0.1, -0.05) is 36.4 Å². The fourth-order valence-electron chi connectivity index (χ4n) is 4.04. The Kier molecular flexibility index (Phi) is 6.40. The summed E-state index contributed by atoms with van der Waals surface area (Å²) in [5.41, 5.74) is 1.32. The first-order valence-corrected chi connectivity index (χ1v) is 10.5. The summed E-state index contributed by atoms with van der Waals surface area (Å²) >= 11 is 0. The molecule has 1 atom stereocenters. The lowest BCUT2D eigenvalue weighted by molar-refractivity contribution is -0.122. The number of nitrogens with one attached hydrogen (secondary N) is 1. The van der Waals surface area contributed by atoms with Crippen molar-refractivity contribution in [2.45, 2.75) is 38.9 Å². The topological polar surface area (TPSA) is 72.3 Å². The van der Waals surface area contributed by atoms with Crippen LogP contribution in [-0.2, 0) is 29.0 Å². The van der Waals surface area contributed by atoms with Gasteiger partial charge in [-0.15, -0.1) is 10.2 Å². The van der Waals surface area contributed by atoms with Crippen molar-refractivity contribution in [3.63, 3.8) is 0 Å². The van der Waals surface area contributed by atoms with Gasteiger partial charge in [0.15, 0.2) is 5.82 Å². The molecule has 1 aliphatic rings. The second kappa shape index (κ2) is 9.36. The number of rotatable bonds is 7. The summed E-state index contributed by atoms with van der Waals surface area (Å²) in [5, 5.41) is 14.3. The van der Waals surface area contributed by atoms with E-state index < -0.39 is 0 Å². The third kappa shape index (κ3) is 4.68. The van der Waals surface area contributed by atoms with E-state index in [0.29, 0.717) is 13.0 Å². The zero-order valence-corrected chi connectivity index (χ0v) is 17.7. The van der Waals surface area contributed by atoms with Gasteiger partial charge in [0, 0.05) is 46.1 Å². The van der Waals surface area contributed by atoms with Crippen LogP contribution < -0.4 is 5.32 Å². The fraction of sp³-hybridized carbons (Fsp3) is 0.435. The lowest BCUT2D eigenvalue weighted by atomic mass is 10.1. The lowest BCUT2D eigenvalue weighted by Crippen LogP contribution is -2.30. The van der Waals surface area contributed by atoms with Gasteiger partial charge in [-0.3, -0.25) is 9.69 Å². The van der Waals surface area contributed by atoms with Gasteiger partial charge >= 0.3 is 0 Å². The van der Waals surface area contributed by atoms with E-state index in [0.717, 1.165) is 44.2 Å². The highest BCUT2D eigenvalue weighted by molar-refractivity contribution is 5.83. The van der Waals surface area contributed by atoms with Crippen molar-refractivity contribution in [3.8, 4) is 0 Å². The second-order valence-corrected chi connectivity index (χ2v) is 7.87. The molecule has 1 aromatic heterocycles. The molecule has 2 heterocycles. The van der Waals surface area contributed by atoms with Crippen molar-refractivity contribution in [1.29, 1.82) is 0 Å². The Balaban J connectivity index is 1.40. The van der Waals surface area contributed by atoms with Gasteiger partial charge in [0.25, 0.3) is 0 Å². The van der Waals surface area contributed by atoms with E-state index in [4.69, 9.17) is 4.74 Å². The number of ether oxygens (including phenoxy) is 1. The summed E-state index contributed by atoms with van der Waals surface area (Å²) in [7, 11) is 1.60. The van der Waals surface area contributed by atoms with Gasteiger partial charge in [0.2, 0.25) is 5.91 Å². The third-order valence-corrected chi connectivity index (χ3v) is 5.67. The number of carbonyl (C=O) groups excluding carboxylic acids is 1. The second-order valence-electron chi connectivity index (χ2n) is 7.87. The Hall–Kier alpha value is -2.77. The van der Waals surface area contributed by atoms with Crippen LogP contribution >= 0.6 is 0 Å². The summed E-state index contributed by atoms with van der Waals surface area (Å²) in [5.74, 6) is 1.78. The molecular weight excluding hydrogens is 378 g/mol. The molecule has 7 nitrogen and oxygen atoms in total. The molecule has 1 aliphatic heterocycles. The van der Waals surface area contributed by atoms with Crippen LogP contribution in [0.3, 0.4) is 0 Å². The molecule has 1 amide bonds. The summed E-state index contributed by atoms with van der Waals surface area (Å²) in [6.07, 6.45) is 1.20. The average Bonchev–Trinajstić information content (AvgIpc) is 3.07. The quantitative estimate of drug-likeness (QED) is 0.652. The van der Waals surface area contributed by atoms with Crippen molar-refractivity contribution in [3.05, 3.63) is 59.7 Å². The first-order valence-electron chi connectivity index (χ1n) is 10.5. The SMILES string of the molecule is COCCC(=O)NC(C)c1nnc2n1CCN(Cc1ccc3ccccc3c1)CC2. The number of benzene rings is 2. The Labute approximate surface area is 177 Å². The van der Waals surface area contributed by atoms with Crippen molar-refractivity contribution in [2.24, 2.45) is 0 Å². The molecule has 0 bridgehead atoms. The van der Waals surface area contributed by atoms with Gasteiger partial charge in [-0.05, 0) is 29.3 Å². The average molecular weight is 408 g/mol. The van der Waals surface area contributed by atoms with E-state index >= 15 is 0 Å². The fourth-order valence-corrected chi connectivity index (χ4v) is 4.04. The van der Waals surface area contributed by atoms with Crippen LogP contribution in [0.15, 0.2) is 42.5 Å². The monoisotopic (exact) mass is 407 g/mol. The number of aromatic nitrogens is 3. The summed E-state index contributed by atoms with van der Waals surface area (Å²) in [4.78, 5) is 14.5. The van der Waals surface area contributed by atoms with E-state index in [2.05, 4.69) is 67.4 Å². The molecule has 0 fully saturated rings. The van der Waals surface area contributed by atoms with Gasteiger partial charge in [0.1, 0.15) is 5.82 Å². The van der Waals surface area contributed by atoms with E-state index in [1.54, 1.807) is 7.11 Å². The number of methoxy groups -OCH3 is 1. The molecule has 4 rings (SSSR count). The van der Waals surface area contributed by atoms with Crippen LogP contribution in [0.1, 0.15) is 36.6 Å². The molecule has 30 heavy (non-hydrogen) atoms. The first-order chi connectivity index (χ1) is 14.6. The number of nitrogens with zero attached hydrogens (tertiary/aromatic N) is 4. The number of carbonyl (C=O) groups is 1. The minimum atomic E-state index is -0.178. The minimum absolute atomic E-state index is 0.0340. The summed E-state index contributed by atoms with van der Waals surface area (Å²) < 4.78 is 7.14. The maximum absolute atomic E-state index is 12.0. The van der Waals surface area contributed by atoms with Crippen LogP contribution in [0.25, 0.3) is 10.8 Å². The van der Waals surface area contributed by atoms with Crippen LogP contribution in [0.2, 0.25) is 0 Å². The Bertz CT molecular complexity index is 1020.